The minimum Gasteiger partial charge on any atom is -0.329 e. The van der Waals surface area contributed by atoms with E-state index in [2.05, 4.69) is 16.7 Å². The highest BCUT2D eigenvalue weighted by molar-refractivity contribution is 5.74. The number of hydrogen-bond acceptors (Lipinski definition) is 2. The number of carbonyl (C=O) groups is 1. The summed E-state index contributed by atoms with van der Waals surface area (Å²) < 4.78 is 0. The van der Waals surface area contributed by atoms with Crippen LogP contribution in [0.15, 0.2) is 0 Å². The van der Waals surface area contributed by atoms with Crippen molar-refractivity contribution in [3.63, 3.8) is 0 Å². The number of nitrogens with zero attached hydrogens (tertiary/aromatic N) is 2. The van der Waals surface area contributed by atoms with E-state index >= 15 is 0 Å². The molecule has 3 heteroatoms. The van der Waals surface area contributed by atoms with Crippen molar-refractivity contribution < 1.29 is 4.79 Å². The molecule has 1 amide bonds. The highest BCUT2D eigenvalue weighted by Gasteiger charge is 2.24. The van der Waals surface area contributed by atoms with Gasteiger partial charge in [-0.2, -0.15) is 0 Å². The fourth-order valence-corrected chi connectivity index (χ4v) is 2.51. The lowest BCUT2D eigenvalue weighted by molar-refractivity contribution is -0.128. The van der Waals surface area contributed by atoms with Crippen LogP contribution in [-0.4, -0.2) is 47.9 Å². The van der Waals surface area contributed by atoms with Crippen molar-refractivity contribution in [2.24, 2.45) is 0 Å². The molecule has 0 N–H and O–H groups in total. The topological polar surface area (TPSA) is 23.6 Å². The van der Waals surface area contributed by atoms with Crippen molar-refractivity contribution in [3.05, 3.63) is 0 Å². The predicted molar refractivity (Wildman–Crippen MR) is 63.9 cm³/mol. The maximum atomic E-state index is 11.3. The van der Waals surface area contributed by atoms with Gasteiger partial charge in [-0.15, -0.1) is 0 Å². The van der Waals surface area contributed by atoms with Crippen molar-refractivity contribution in [1.29, 1.82) is 0 Å². The van der Waals surface area contributed by atoms with E-state index in [-0.39, 0.29) is 11.9 Å². The summed E-state index contributed by atoms with van der Waals surface area (Å²) in [6.07, 6.45) is 4.77. The van der Waals surface area contributed by atoms with Crippen molar-refractivity contribution >= 4 is 5.91 Å². The van der Waals surface area contributed by atoms with E-state index in [1.165, 1.54) is 25.9 Å². The lowest BCUT2D eigenvalue weighted by atomic mass is 10.2. The van der Waals surface area contributed by atoms with Crippen LogP contribution in [0.4, 0.5) is 0 Å². The first-order valence-electron chi connectivity index (χ1n) is 6.25. The van der Waals surface area contributed by atoms with E-state index in [1.54, 1.807) is 6.92 Å². The smallest absolute Gasteiger partial charge is 0.220 e. The molecule has 88 valence electrons. The Hall–Kier alpha value is -1.01. The summed E-state index contributed by atoms with van der Waals surface area (Å²) in [6, 6.07) is 0.181. The molecular formula is C13H20N2O. The van der Waals surface area contributed by atoms with Crippen LogP contribution in [0, 0.1) is 11.8 Å². The van der Waals surface area contributed by atoms with Crippen LogP contribution >= 0.6 is 0 Å². The molecule has 2 aliphatic rings. The average molecular weight is 220 g/mol. The number of carbonyl (C=O) groups excluding carboxylic acids is 1. The molecule has 0 aromatic rings. The van der Waals surface area contributed by atoms with Gasteiger partial charge < -0.3 is 4.90 Å². The molecule has 2 saturated heterocycles. The zero-order valence-electron chi connectivity index (χ0n) is 10.0. The largest absolute Gasteiger partial charge is 0.329 e. The van der Waals surface area contributed by atoms with Gasteiger partial charge in [-0.3, -0.25) is 9.69 Å². The van der Waals surface area contributed by atoms with Crippen LogP contribution in [0.5, 0.6) is 0 Å². The van der Waals surface area contributed by atoms with Gasteiger partial charge in [0, 0.05) is 13.5 Å². The van der Waals surface area contributed by atoms with Crippen LogP contribution < -0.4 is 0 Å². The van der Waals surface area contributed by atoms with Gasteiger partial charge >= 0.3 is 0 Å². The Balaban J connectivity index is 1.83. The quantitative estimate of drug-likeness (QED) is 0.618. The summed E-state index contributed by atoms with van der Waals surface area (Å²) >= 11 is 0. The standard InChI is InChI=1S/C13H20N2O/c1-12(16)15-11-5-7-13(15)6-4-10-14-8-2-3-9-14/h13H,2-3,5,7-11H2,1H3/t13-/m0/s1. The first-order chi connectivity index (χ1) is 7.77. The van der Waals surface area contributed by atoms with Gasteiger partial charge in [0.25, 0.3) is 0 Å². The molecule has 1 atom stereocenters. The number of hydrogen-bond donors (Lipinski definition) is 0. The summed E-state index contributed by atoms with van der Waals surface area (Å²) in [5.41, 5.74) is 0. The van der Waals surface area contributed by atoms with Gasteiger partial charge in [0.2, 0.25) is 5.91 Å². The van der Waals surface area contributed by atoms with Crippen molar-refractivity contribution in [3.8, 4) is 11.8 Å². The van der Waals surface area contributed by atoms with Crippen LogP contribution in [0.2, 0.25) is 0 Å². The molecule has 16 heavy (non-hydrogen) atoms. The van der Waals surface area contributed by atoms with E-state index in [0.29, 0.717) is 0 Å². The molecule has 0 aromatic carbocycles. The Bertz CT molecular complexity index is 310. The molecule has 0 aromatic heterocycles. The fraction of sp³-hybridized carbons (Fsp3) is 0.769. The minimum atomic E-state index is 0.165. The van der Waals surface area contributed by atoms with Crippen molar-refractivity contribution in [2.45, 2.75) is 38.6 Å². The molecule has 0 saturated carbocycles. The third kappa shape index (κ3) is 2.76. The second kappa shape index (κ2) is 5.36. The van der Waals surface area contributed by atoms with E-state index in [4.69, 9.17) is 0 Å². The summed E-state index contributed by atoms with van der Waals surface area (Å²) in [4.78, 5) is 15.6. The number of likely N-dealkylation sites (tertiary alicyclic amines) is 2. The Morgan fingerprint density at radius 2 is 2.00 bits per heavy atom. The van der Waals surface area contributed by atoms with E-state index in [9.17, 15) is 4.79 Å². The Morgan fingerprint density at radius 1 is 1.25 bits per heavy atom. The van der Waals surface area contributed by atoms with E-state index in [1.807, 2.05) is 4.90 Å². The van der Waals surface area contributed by atoms with Gasteiger partial charge in [-0.05, 0) is 38.8 Å². The lowest BCUT2D eigenvalue weighted by Crippen LogP contribution is -2.32. The Morgan fingerprint density at radius 3 is 2.69 bits per heavy atom. The molecule has 0 unspecified atom stereocenters. The fourth-order valence-electron chi connectivity index (χ4n) is 2.51. The number of amides is 1. The van der Waals surface area contributed by atoms with E-state index < -0.39 is 0 Å². The molecule has 0 spiro atoms. The third-order valence-electron chi connectivity index (χ3n) is 3.43. The molecule has 2 aliphatic heterocycles. The first-order valence-corrected chi connectivity index (χ1v) is 6.25. The van der Waals surface area contributed by atoms with Crippen molar-refractivity contribution in [1.82, 2.24) is 9.80 Å². The lowest BCUT2D eigenvalue weighted by Gasteiger charge is -2.18. The van der Waals surface area contributed by atoms with Crippen molar-refractivity contribution in [2.75, 3.05) is 26.2 Å². The predicted octanol–water partition coefficient (Wildman–Crippen LogP) is 1.10. The average Bonchev–Trinajstić information content (AvgIpc) is 2.87. The minimum absolute atomic E-state index is 0.165. The normalized spacial score (nSPS) is 25.6. The number of rotatable bonds is 1. The van der Waals surface area contributed by atoms with Gasteiger partial charge in [0.1, 0.15) is 0 Å². The Kier molecular flexibility index (Phi) is 3.84. The summed E-state index contributed by atoms with van der Waals surface area (Å²) in [5.74, 6) is 6.65. The molecule has 2 rings (SSSR count). The zero-order chi connectivity index (χ0) is 11.4. The second-order valence-corrected chi connectivity index (χ2v) is 4.67. The van der Waals surface area contributed by atoms with Gasteiger partial charge in [-0.1, -0.05) is 11.8 Å². The van der Waals surface area contributed by atoms with Gasteiger partial charge in [0.05, 0.1) is 12.6 Å². The molecule has 0 radical (unpaired) electrons. The maximum absolute atomic E-state index is 11.3. The van der Waals surface area contributed by atoms with Gasteiger partial charge in [-0.25, -0.2) is 0 Å². The summed E-state index contributed by atoms with van der Waals surface area (Å²) in [5, 5.41) is 0. The van der Waals surface area contributed by atoms with Crippen LogP contribution in [0.3, 0.4) is 0 Å². The van der Waals surface area contributed by atoms with Crippen LogP contribution in [0.25, 0.3) is 0 Å². The molecule has 0 bridgehead atoms. The molecular weight excluding hydrogens is 200 g/mol. The van der Waals surface area contributed by atoms with Crippen LogP contribution in [-0.2, 0) is 4.79 Å². The monoisotopic (exact) mass is 220 g/mol. The summed E-state index contributed by atoms with van der Waals surface area (Å²) in [6.45, 7) is 5.78. The third-order valence-corrected chi connectivity index (χ3v) is 3.43. The maximum Gasteiger partial charge on any atom is 0.220 e. The molecule has 0 aliphatic carbocycles. The van der Waals surface area contributed by atoms with Crippen LogP contribution in [0.1, 0.15) is 32.6 Å². The Labute approximate surface area is 97.8 Å². The highest BCUT2D eigenvalue weighted by atomic mass is 16.2. The zero-order valence-corrected chi connectivity index (χ0v) is 10.0. The SMILES string of the molecule is CC(=O)N1CCC[C@@H]1C#CCN1CCCC1. The first kappa shape index (κ1) is 11.5. The molecule has 3 nitrogen and oxygen atoms in total. The highest BCUT2D eigenvalue weighted by Crippen LogP contribution is 2.16. The summed E-state index contributed by atoms with van der Waals surface area (Å²) in [7, 11) is 0. The molecule has 2 heterocycles. The van der Waals surface area contributed by atoms with E-state index in [0.717, 1.165) is 25.9 Å². The second-order valence-electron chi connectivity index (χ2n) is 4.67. The molecule has 2 fully saturated rings. The van der Waals surface area contributed by atoms with Gasteiger partial charge in [0.15, 0.2) is 0 Å².